The number of nitrogens with two attached hydrogens (primary N) is 1. The minimum atomic E-state index is -0.744. The zero-order chi connectivity index (χ0) is 8.97. The molecule has 5 nitrogen and oxygen atoms in total. The summed E-state index contributed by atoms with van der Waals surface area (Å²) >= 11 is 0. The number of H-pyrrole nitrogens is 1. The lowest BCUT2D eigenvalue weighted by atomic mass is 10.3. The van der Waals surface area contributed by atoms with Crippen LogP contribution < -0.4 is 5.73 Å². The molecule has 0 fully saturated rings. The van der Waals surface area contributed by atoms with Gasteiger partial charge in [-0.25, -0.2) is 4.98 Å². The van der Waals surface area contributed by atoms with Crippen LogP contribution in [0.3, 0.4) is 0 Å². The second-order valence-electron chi connectivity index (χ2n) is 2.64. The third-order valence-electron chi connectivity index (χ3n) is 1.56. The fraction of sp³-hybridized carbons (Fsp3) is 0.714. The molecule has 1 rings (SSSR count). The Balaban J connectivity index is 2.63. The molecular weight excluding hydrogens is 156 g/mol. The Hall–Kier alpha value is -0.940. The highest BCUT2D eigenvalue weighted by Crippen LogP contribution is 2.05. The average Bonchev–Trinajstić information content (AvgIpc) is 2.52. The Labute approximate surface area is 71.0 Å². The number of hydrogen-bond donors (Lipinski definition) is 3. The van der Waals surface area contributed by atoms with Crippen LogP contribution in [0.15, 0.2) is 0 Å². The fourth-order valence-electron chi connectivity index (χ4n) is 0.913. The molecule has 0 aliphatic heterocycles. The van der Waals surface area contributed by atoms with Gasteiger partial charge in [0.1, 0.15) is 11.9 Å². The predicted molar refractivity (Wildman–Crippen MR) is 44.4 cm³/mol. The summed E-state index contributed by atoms with van der Waals surface area (Å²) in [6.45, 7) is 2.21. The second-order valence-corrected chi connectivity index (χ2v) is 2.64. The van der Waals surface area contributed by atoms with Crippen molar-refractivity contribution >= 4 is 0 Å². The second kappa shape index (κ2) is 4.18. The molecule has 1 unspecified atom stereocenters. The quantitative estimate of drug-likeness (QED) is 0.581. The Morgan fingerprint density at radius 3 is 3.00 bits per heavy atom. The minimum absolute atomic E-state index is 0.156. The van der Waals surface area contributed by atoms with E-state index in [-0.39, 0.29) is 6.54 Å². The van der Waals surface area contributed by atoms with Gasteiger partial charge in [0, 0.05) is 13.0 Å². The molecule has 1 heterocycles. The molecule has 68 valence electrons. The van der Waals surface area contributed by atoms with Gasteiger partial charge in [-0.3, -0.25) is 5.10 Å². The van der Waals surface area contributed by atoms with Crippen molar-refractivity contribution < 1.29 is 5.11 Å². The first-order chi connectivity index (χ1) is 5.77. The standard InChI is InChI=1S/C7H14N4O/c1-2-3-6-9-7(11-10-6)5(12)4-8/h5,12H,2-4,8H2,1H3,(H,9,10,11). The van der Waals surface area contributed by atoms with E-state index in [0.717, 1.165) is 18.7 Å². The van der Waals surface area contributed by atoms with E-state index >= 15 is 0 Å². The summed E-state index contributed by atoms with van der Waals surface area (Å²) in [5.41, 5.74) is 5.24. The van der Waals surface area contributed by atoms with Gasteiger partial charge in [0.15, 0.2) is 5.82 Å². The summed E-state index contributed by atoms with van der Waals surface area (Å²) in [4.78, 5) is 4.07. The van der Waals surface area contributed by atoms with Crippen LogP contribution in [-0.4, -0.2) is 26.8 Å². The van der Waals surface area contributed by atoms with Crippen LogP contribution in [0.2, 0.25) is 0 Å². The number of hydrogen-bond acceptors (Lipinski definition) is 4. The van der Waals surface area contributed by atoms with Crippen molar-refractivity contribution in [2.24, 2.45) is 5.73 Å². The van der Waals surface area contributed by atoms with Crippen molar-refractivity contribution in [3.05, 3.63) is 11.6 Å². The number of aliphatic hydroxyl groups excluding tert-OH is 1. The van der Waals surface area contributed by atoms with Gasteiger partial charge in [-0.1, -0.05) is 6.92 Å². The van der Waals surface area contributed by atoms with Gasteiger partial charge in [0.2, 0.25) is 0 Å². The molecule has 0 aliphatic rings. The van der Waals surface area contributed by atoms with Crippen molar-refractivity contribution in [1.82, 2.24) is 15.2 Å². The van der Waals surface area contributed by atoms with Crippen LogP contribution in [0.5, 0.6) is 0 Å². The topological polar surface area (TPSA) is 87.8 Å². The molecular formula is C7H14N4O. The summed E-state index contributed by atoms with van der Waals surface area (Å²) < 4.78 is 0. The lowest BCUT2D eigenvalue weighted by molar-refractivity contribution is 0.177. The molecule has 1 aromatic rings. The Kier molecular flexibility index (Phi) is 3.19. The summed E-state index contributed by atoms with van der Waals surface area (Å²) in [6, 6.07) is 0. The van der Waals surface area contributed by atoms with E-state index in [4.69, 9.17) is 5.73 Å². The van der Waals surface area contributed by atoms with Crippen molar-refractivity contribution in [3.63, 3.8) is 0 Å². The fourth-order valence-corrected chi connectivity index (χ4v) is 0.913. The molecule has 0 amide bonds. The third-order valence-corrected chi connectivity index (χ3v) is 1.56. The Morgan fingerprint density at radius 1 is 1.67 bits per heavy atom. The molecule has 1 aromatic heterocycles. The van der Waals surface area contributed by atoms with Crippen molar-refractivity contribution in [2.75, 3.05) is 6.54 Å². The monoisotopic (exact) mass is 170 g/mol. The van der Waals surface area contributed by atoms with Crippen LogP contribution >= 0.6 is 0 Å². The number of aryl methyl sites for hydroxylation is 1. The molecule has 5 heteroatoms. The molecule has 0 radical (unpaired) electrons. The number of rotatable bonds is 4. The summed E-state index contributed by atoms with van der Waals surface area (Å²) in [5.74, 6) is 1.20. The maximum atomic E-state index is 9.24. The molecule has 1 atom stereocenters. The number of aliphatic hydroxyl groups is 1. The van der Waals surface area contributed by atoms with E-state index < -0.39 is 6.10 Å². The molecule has 12 heavy (non-hydrogen) atoms. The van der Waals surface area contributed by atoms with Crippen LogP contribution in [0.1, 0.15) is 31.1 Å². The average molecular weight is 170 g/mol. The van der Waals surface area contributed by atoms with Gasteiger partial charge in [-0.2, -0.15) is 5.10 Å². The summed E-state index contributed by atoms with van der Waals surface area (Å²) in [5, 5.41) is 15.8. The SMILES string of the molecule is CCCc1nc(C(O)CN)n[nH]1. The summed E-state index contributed by atoms with van der Waals surface area (Å²) in [7, 11) is 0. The number of aromatic amines is 1. The lowest BCUT2D eigenvalue weighted by Gasteiger charge is -1.99. The first-order valence-electron chi connectivity index (χ1n) is 4.07. The smallest absolute Gasteiger partial charge is 0.180 e. The van der Waals surface area contributed by atoms with E-state index in [0.29, 0.717) is 5.82 Å². The van der Waals surface area contributed by atoms with Gasteiger partial charge in [-0.05, 0) is 6.42 Å². The molecule has 0 saturated heterocycles. The first-order valence-corrected chi connectivity index (χ1v) is 4.07. The maximum absolute atomic E-state index is 9.24. The van der Waals surface area contributed by atoms with Gasteiger partial charge in [0.25, 0.3) is 0 Å². The highest BCUT2D eigenvalue weighted by molar-refractivity contribution is 4.94. The van der Waals surface area contributed by atoms with Gasteiger partial charge in [0.05, 0.1) is 0 Å². The van der Waals surface area contributed by atoms with E-state index in [1.54, 1.807) is 0 Å². The zero-order valence-electron chi connectivity index (χ0n) is 7.12. The van der Waals surface area contributed by atoms with Crippen LogP contribution in [0.25, 0.3) is 0 Å². The molecule has 0 bridgehead atoms. The van der Waals surface area contributed by atoms with Crippen molar-refractivity contribution in [3.8, 4) is 0 Å². The lowest BCUT2D eigenvalue weighted by Crippen LogP contribution is -2.12. The molecule has 0 spiro atoms. The highest BCUT2D eigenvalue weighted by atomic mass is 16.3. The molecule has 4 N–H and O–H groups in total. The Bertz CT molecular complexity index is 235. The predicted octanol–water partition coefficient (Wildman–Crippen LogP) is -0.251. The highest BCUT2D eigenvalue weighted by Gasteiger charge is 2.10. The number of nitrogens with one attached hydrogen (secondary N) is 1. The van der Waals surface area contributed by atoms with Crippen LogP contribution in [-0.2, 0) is 6.42 Å². The first kappa shape index (κ1) is 9.15. The Morgan fingerprint density at radius 2 is 2.42 bits per heavy atom. The van der Waals surface area contributed by atoms with Crippen molar-refractivity contribution in [2.45, 2.75) is 25.9 Å². The van der Waals surface area contributed by atoms with Gasteiger partial charge < -0.3 is 10.8 Å². The van der Waals surface area contributed by atoms with Crippen molar-refractivity contribution in [1.29, 1.82) is 0 Å². The maximum Gasteiger partial charge on any atom is 0.180 e. The van der Waals surface area contributed by atoms with E-state index in [9.17, 15) is 5.11 Å². The summed E-state index contributed by atoms with van der Waals surface area (Å²) in [6.07, 6.45) is 1.12. The van der Waals surface area contributed by atoms with E-state index in [1.165, 1.54) is 0 Å². The molecule has 0 aliphatic carbocycles. The van der Waals surface area contributed by atoms with Gasteiger partial charge >= 0.3 is 0 Å². The minimum Gasteiger partial charge on any atom is -0.384 e. The van der Waals surface area contributed by atoms with E-state index in [1.807, 2.05) is 0 Å². The van der Waals surface area contributed by atoms with Crippen LogP contribution in [0.4, 0.5) is 0 Å². The zero-order valence-corrected chi connectivity index (χ0v) is 7.12. The number of aromatic nitrogens is 3. The van der Waals surface area contributed by atoms with Crippen LogP contribution in [0, 0.1) is 0 Å². The largest absolute Gasteiger partial charge is 0.384 e. The normalized spacial score (nSPS) is 13.2. The third kappa shape index (κ3) is 2.02. The molecule has 0 saturated carbocycles. The number of nitrogens with zero attached hydrogens (tertiary/aromatic N) is 2. The van der Waals surface area contributed by atoms with Gasteiger partial charge in [-0.15, -0.1) is 0 Å². The molecule has 0 aromatic carbocycles. The van der Waals surface area contributed by atoms with E-state index in [2.05, 4.69) is 22.1 Å².